The van der Waals surface area contributed by atoms with Crippen molar-refractivity contribution in [1.82, 2.24) is 5.32 Å². The summed E-state index contributed by atoms with van der Waals surface area (Å²) in [6.45, 7) is 3.55. The van der Waals surface area contributed by atoms with Gasteiger partial charge in [-0.1, -0.05) is 19.8 Å². The molecule has 0 aliphatic heterocycles. The fourth-order valence-corrected chi connectivity index (χ4v) is 1.69. The maximum atomic E-state index is 13.9. The van der Waals surface area contributed by atoms with E-state index in [2.05, 4.69) is 16.6 Å². The zero-order valence-electron chi connectivity index (χ0n) is 11.8. The molecule has 0 radical (unpaired) electrons. The summed E-state index contributed by atoms with van der Waals surface area (Å²) in [4.78, 5) is 23.0. The van der Waals surface area contributed by atoms with E-state index in [0.717, 1.165) is 6.07 Å². The lowest BCUT2D eigenvalue weighted by atomic mass is 10.0. The number of nitrogens with one attached hydrogen (secondary N) is 2. The van der Waals surface area contributed by atoms with Crippen LogP contribution in [0, 0.1) is 24.1 Å². The summed E-state index contributed by atoms with van der Waals surface area (Å²) in [7, 11) is 0. The predicted molar refractivity (Wildman–Crippen MR) is 77.5 cm³/mol. The van der Waals surface area contributed by atoms with Crippen LogP contribution < -0.4 is 10.6 Å². The number of hydrogen-bond donors (Lipinski definition) is 3. The molecule has 5 nitrogen and oxygen atoms in total. The number of anilines is 1. The number of benzene rings is 1. The molecule has 0 saturated heterocycles. The van der Waals surface area contributed by atoms with Crippen molar-refractivity contribution in [2.45, 2.75) is 19.9 Å². The van der Waals surface area contributed by atoms with E-state index in [4.69, 9.17) is 11.5 Å². The Kier molecular flexibility index (Phi) is 5.73. The van der Waals surface area contributed by atoms with E-state index in [1.807, 2.05) is 0 Å². The standard InChI is InChI=1S/C15H17FN2O3/c1-4-7-17-10-5-6-11(12(16)8-10)14(19)18-13(9(2)3)15(20)21/h1,5-6,8-9,13,17H,7H2,2-3H3,(H,18,19)(H,20,21)/t13-/m0/s1. The first-order valence-corrected chi connectivity index (χ1v) is 6.37. The number of terminal acetylenes is 1. The molecule has 1 atom stereocenters. The summed E-state index contributed by atoms with van der Waals surface area (Å²) >= 11 is 0. The fraction of sp³-hybridized carbons (Fsp3) is 0.333. The lowest BCUT2D eigenvalue weighted by Crippen LogP contribution is -2.44. The monoisotopic (exact) mass is 292 g/mol. The zero-order valence-corrected chi connectivity index (χ0v) is 11.8. The molecular weight excluding hydrogens is 275 g/mol. The van der Waals surface area contributed by atoms with Gasteiger partial charge in [0.25, 0.3) is 5.91 Å². The Morgan fingerprint density at radius 1 is 1.43 bits per heavy atom. The van der Waals surface area contributed by atoms with E-state index in [1.54, 1.807) is 13.8 Å². The molecule has 3 N–H and O–H groups in total. The number of carbonyl (C=O) groups excluding carboxylic acids is 1. The Labute approximate surface area is 122 Å². The summed E-state index contributed by atoms with van der Waals surface area (Å²) in [5.74, 6) is -0.643. The zero-order chi connectivity index (χ0) is 16.0. The SMILES string of the molecule is C#CCNc1ccc(C(=O)N[C@H](C(=O)O)C(C)C)c(F)c1. The largest absolute Gasteiger partial charge is 0.480 e. The van der Waals surface area contributed by atoms with Crippen molar-refractivity contribution in [2.75, 3.05) is 11.9 Å². The Balaban J connectivity index is 2.88. The van der Waals surface area contributed by atoms with Gasteiger partial charge < -0.3 is 15.7 Å². The van der Waals surface area contributed by atoms with Crippen LogP contribution in [0.4, 0.5) is 10.1 Å². The van der Waals surface area contributed by atoms with Crippen molar-refractivity contribution in [2.24, 2.45) is 5.92 Å². The lowest BCUT2D eigenvalue weighted by molar-refractivity contribution is -0.140. The molecule has 1 rings (SSSR count). The van der Waals surface area contributed by atoms with Crippen LogP contribution in [0.15, 0.2) is 18.2 Å². The van der Waals surface area contributed by atoms with Crippen molar-refractivity contribution in [3.8, 4) is 12.3 Å². The minimum atomic E-state index is -1.16. The van der Waals surface area contributed by atoms with Gasteiger partial charge >= 0.3 is 5.97 Å². The van der Waals surface area contributed by atoms with Gasteiger partial charge in [0.2, 0.25) is 0 Å². The Morgan fingerprint density at radius 2 is 2.10 bits per heavy atom. The Bertz CT molecular complexity index is 579. The van der Waals surface area contributed by atoms with E-state index >= 15 is 0 Å². The molecule has 0 heterocycles. The molecule has 1 aromatic carbocycles. The highest BCUT2D eigenvalue weighted by molar-refractivity contribution is 5.97. The predicted octanol–water partition coefficient (Wildman–Crippen LogP) is 1.71. The minimum Gasteiger partial charge on any atom is -0.480 e. The molecule has 1 amide bonds. The molecule has 0 aromatic heterocycles. The van der Waals surface area contributed by atoms with E-state index in [0.29, 0.717) is 5.69 Å². The number of aliphatic carboxylic acids is 1. The first-order chi connectivity index (χ1) is 9.86. The number of carboxylic acid groups (broad SMARTS) is 1. The number of rotatable bonds is 6. The van der Waals surface area contributed by atoms with Gasteiger partial charge in [-0.15, -0.1) is 6.42 Å². The molecule has 0 unspecified atom stereocenters. The lowest BCUT2D eigenvalue weighted by Gasteiger charge is -2.18. The van der Waals surface area contributed by atoms with Gasteiger partial charge in [-0.25, -0.2) is 9.18 Å². The average Bonchev–Trinajstić information content (AvgIpc) is 2.41. The highest BCUT2D eigenvalue weighted by atomic mass is 19.1. The van der Waals surface area contributed by atoms with Crippen LogP contribution in [0.5, 0.6) is 0 Å². The molecule has 0 saturated carbocycles. The van der Waals surface area contributed by atoms with E-state index < -0.39 is 23.7 Å². The van der Waals surface area contributed by atoms with Gasteiger partial charge in [-0.2, -0.15) is 0 Å². The third kappa shape index (κ3) is 4.49. The van der Waals surface area contributed by atoms with Gasteiger partial charge in [0.05, 0.1) is 12.1 Å². The fourth-order valence-electron chi connectivity index (χ4n) is 1.69. The number of hydrogen-bond acceptors (Lipinski definition) is 3. The van der Waals surface area contributed by atoms with Gasteiger partial charge in [0.15, 0.2) is 0 Å². The van der Waals surface area contributed by atoms with Crippen molar-refractivity contribution < 1.29 is 19.1 Å². The molecule has 0 fully saturated rings. The second-order valence-corrected chi connectivity index (χ2v) is 4.79. The molecule has 0 bridgehead atoms. The molecule has 0 aliphatic carbocycles. The summed E-state index contributed by atoms with van der Waals surface area (Å²) in [6.07, 6.45) is 5.08. The van der Waals surface area contributed by atoms with E-state index in [9.17, 15) is 14.0 Å². The second-order valence-electron chi connectivity index (χ2n) is 4.79. The molecule has 21 heavy (non-hydrogen) atoms. The number of carbonyl (C=O) groups is 2. The van der Waals surface area contributed by atoms with Crippen molar-refractivity contribution in [3.05, 3.63) is 29.6 Å². The molecule has 0 aliphatic rings. The summed E-state index contributed by atoms with van der Waals surface area (Å²) in [5, 5.41) is 14.1. The van der Waals surface area contributed by atoms with Crippen molar-refractivity contribution in [1.29, 1.82) is 0 Å². The van der Waals surface area contributed by atoms with Crippen molar-refractivity contribution in [3.63, 3.8) is 0 Å². The Hall–Kier alpha value is -2.55. The molecule has 0 spiro atoms. The van der Waals surface area contributed by atoms with Crippen molar-refractivity contribution >= 4 is 17.6 Å². The molecule has 1 aromatic rings. The van der Waals surface area contributed by atoms with Gasteiger partial charge in [0, 0.05) is 5.69 Å². The first kappa shape index (κ1) is 16.5. The molecule has 112 valence electrons. The molecule has 6 heteroatoms. The summed E-state index contributed by atoms with van der Waals surface area (Å²) < 4.78 is 13.9. The topological polar surface area (TPSA) is 78.4 Å². The normalized spacial score (nSPS) is 11.6. The average molecular weight is 292 g/mol. The summed E-state index contributed by atoms with van der Waals surface area (Å²) in [5.41, 5.74) is 0.230. The van der Waals surface area contributed by atoms with Gasteiger partial charge in [-0.3, -0.25) is 4.79 Å². The Morgan fingerprint density at radius 3 is 2.57 bits per heavy atom. The van der Waals surface area contributed by atoms with Crippen LogP contribution >= 0.6 is 0 Å². The third-order valence-electron chi connectivity index (χ3n) is 2.83. The van der Waals surface area contributed by atoms with E-state index in [-0.39, 0.29) is 18.0 Å². The van der Waals surface area contributed by atoms with Gasteiger partial charge in [-0.05, 0) is 24.1 Å². The summed E-state index contributed by atoms with van der Waals surface area (Å²) in [6, 6.07) is 2.84. The first-order valence-electron chi connectivity index (χ1n) is 6.37. The number of amides is 1. The smallest absolute Gasteiger partial charge is 0.326 e. The highest BCUT2D eigenvalue weighted by Crippen LogP contribution is 2.15. The third-order valence-corrected chi connectivity index (χ3v) is 2.83. The maximum Gasteiger partial charge on any atom is 0.326 e. The van der Waals surface area contributed by atoms with Crippen LogP contribution in [0.25, 0.3) is 0 Å². The second kappa shape index (κ2) is 7.29. The van der Waals surface area contributed by atoms with Crippen LogP contribution in [0.1, 0.15) is 24.2 Å². The van der Waals surface area contributed by atoms with Crippen LogP contribution in [0.2, 0.25) is 0 Å². The van der Waals surface area contributed by atoms with E-state index in [1.165, 1.54) is 12.1 Å². The van der Waals surface area contributed by atoms with Crippen LogP contribution in [-0.2, 0) is 4.79 Å². The number of halogens is 1. The maximum absolute atomic E-state index is 13.9. The quantitative estimate of drug-likeness (QED) is 0.697. The number of carboxylic acids is 1. The van der Waals surface area contributed by atoms with Crippen LogP contribution in [-0.4, -0.2) is 29.6 Å². The van der Waals surface area contributed by atoms with Crippen LogP contribution in [0.3, 0.4) is 0 Å². The highest BCUT2D eigenvalue weighted by Gasteiger charge is 2.25. The van der Waals surface area contributed by atoms with Gasteiger partial charge in [0.1, 0.15) is 11.9 Å². The minimum absolute atomic E-state index is 0.215. The molecular formula is C15H17FN2O3.